The van der Waals surface area contributed by atoms with Crippen LogP contribution in [0.3, 0.4) is 0 Å². The van der Waals surface area contributed by atoms with Crippen molar-refractivity contribution < 1.29 is 18.0 Å². The Hall–Kier alpha value is -2.68. The summed E-state index contributed by atoms with van der Waals surface area (Å²) in [7, 11) is -3.75. The van der Waals surface area contributed by atoms with Crippen LogP contribution in [0.15, 0.2) is 41.4 Å². The maximum Gasteiger partial charge on any atom is 0.268 e. The number of carbonyl (C=O) groups is 2. The van der Waals surface area contributed by atoms with Crippen LogP contribution in [0.5, 0.6) is 0 Å². The van der Waals surface area contributed by atoms with Gasteiger partial charge in [-0.15, -0.1) is 0 Å². The van der Waals surface area contributed by atoms with E-state index in [-0.39, 0.29) is 16.3 Å². The first-order valence-electron chi connectivity index (χ1n) is 5.81. The lowest BCUT2D eigenvalue weighted by Crippen LogP contribution is -2.24. The van der Waals surface area contributed by atoms with Crippen LogP contribution >= 0.6 is 0 Å². The maximum absolute atomic E-state index is 12.0. The minimum Gasteiger partial charge on any atom is -0.364 e. The largest absolute Gasteiger partial charge is 0.364 e. The molecule has 1 aromatic carbocycles. The van der Waals surface area contributed by atoms with Gasteiger partial charge >= 0.3 is 0 Å². The van der Waals surface area contributed by atoms with Gasteiger partial charge in [0.2, 0.25) is 5.91 Å². The lowest BCUT2D eigenvalue weighted by Gasteiger charge is -2.05. The molecule has 1 heterocycles. The summed E-state index contributed by atoms with van der Waals surface area (Å²) in [5, 5.41) is 8.16. The number of aromatic nitrogens is 2. The van der Waals surface area contributed by atoms with Gasteiger partial charge in [-0.3, -0.25) is 14.7 Å². The molecule has 1 aromatic heterocycles. The molecule has 0 aliphatic rings. The summed E-state index contributed by atoms with van der Waals surface area (Å²) in [6.07, 6.45) is 1.17. The van der Waals surface area contributed by atoms with E-state index in [0.29, 0.717) is 0 Å². The van der Waals surface area contributed by atoms with E-state index in [1.165, 1.54) is 18.3 Å². The Morgan fingerprint density at radius 2 is 1.90 bits per heavy atom. The molecule has 4 N–H and O–H groups in total. The molecular formula is C12H12N4O4S. The highest BCUT2D eigenvalue weighted by molar-refractivity contribution is 7.92. The lowest BCUT2D eigenvalue weighted by atomic mass is 10.3. The van der Waals surface area contributed by atoms with Crippen LogP contribution in [-0.2, 0) is 14.6 Å². The van der Waals surface area contributed by atoms with Gasteiger partial charge in [0.05, 0.1) is 16.8 Å². The van der Waals surface area contributed by atoms with E-state index < -0.39 is 27.4 Å². The second-order valence-electron chi connectivity index (χ2n) is 4.14. The number of H-pyrrole nitrogens is 1. The number of nitrogens with one attached hydrogen (secondary N) is 2. The van der Waals surface area contributed by atoms with Gasteiger partial charge in [0.15, 0.2) is 9.84 Å². The fraction of sp³-hybridized carbons (Fsp3) is 0.0833. The van der Waals surface area contributed by atoms with Crippen molar-refractivity contribution in [3.05, 3.63) is 42.2 Å². The number of aromatic amines is 1. The molecule has 0 fully saturated rings. The summed E-state index contributed by atoms with van der Waals surface area (Å²) in [5.41, 5.74) is 5.01. The maximum atomic E-state index is 12.0. The van der Waals surface area contributed by atoms with Crippen molar-refractivity contribution in [2.24, 2.45) is 5.73 Å². The average Bonchev–Trinajstić information content (AvgIpc) is 2.87. The molecule has 2 aromatic rings. The summed E-state index contributed by atoms with van der Waals surface area (Å²) < 4.78 is 24.0. The van der Waals surface area contributed by atoms with Crippen LogP contribution in [0.25, 0.3) is 0 Å². The predicted octanol–water partition coefficient (Wildman–Crippen LogP) is -0.0790. The van der Waals surface area contributed by atoms with E-state index in [4.69, 9.17) is 5.73 Å². The molecule has 0 atom stereocenters. The Bertz CT molecular complexity index is 768. The van der Waals surface area contributed by atoms with Crippen molar-refractivity contribution in [2.45, 2.75) is 4.90 Å². The predicted molar refractivity (Wildman–Crippen MR) is 74.2 cm³/mol. The molecule has 2 amide bonds. The number of rotatable bonds is 5. The molecule has 21 heavy (non-hydrogen) atoms. The van der Waals surface area contributed by atoms with Crippen molar-refractivity contribution in [2.75, 3.05) is 11.1 Å². The SMILES string of the molecule is NC(=O)c1[nH]ncc1NC(=O)CS(=O)(=O)c1ccccc1. The van der Waals surface area contributed by atoms with Crippen LogP contribution in [0.1, 0.15) is 10.5 Å². The molecule has 2 rings (SSSR count). The van der Waals surface area contributed by atoms with E-state index in [0.717, 1.165) is 0 Å². The zero-order chi connectivity index (χ0) is 15.5. The number of nitrogens with zero attached hydrogens (tertiary/aromatic N) is 1. The minimum absolute atomic E-state index is 0.0377. The normalized spacial score (nSPS) is 11.0. The summed E-state index contributed by atoms with van der Waals surface area (Å²) in [5.74, 6) is -2.35. The molecule has 0 unspecified atom stereocenters. The van der Waals surface area contributed by atoms with E-state index in [1.54, 1.807) is 18.2 Å². The van der Waals surface area contributed by atoms with Gasteiger partial charge in [-0.2, -0.15) is 5.10 Å². The number of sulfone groups is 1. The molecule has 0 aliphatic heterocycles. The number of hydrogen-bond donors (Lipinski definition) is 3. The van der Waals surface area contributed by atoms with Crippen LogP contribution in [0.2, 0.25) is 0 Å². The van der Waals surface area contributed by atoms with Crippen molar-refractivity contribution >= 4 is 27.3 Å². The fourth-order valence-electron chi connectivity index (χ4n) is 1.64. The smallest absolute Gasteiger partial charge is 0.268 e. The molecule has 0 spiro atoms. The number of anilines is 1. The molecule has 0 radical (unpaired) electrons. The Morgan fingerprint density at radius 1 is 1.24 bits per heavy atom. The summed E-state index contributed by atoms with van der Waals surface area (Å²) in [6.45, 7) is 0. The Balaban J connectivity index is 2.12. The van der Waals surface area contributed by atoms with Crippen molar-refractivity contribution in [3.63, 3.8) is 0 Å². The Morgan fingerprint density at radius 3 is 2.52 bits per heavy atom. The standard InChI is InChI=1S/C12H12N4O4S/c13-12(18)11-9(6-14-16-11)15-10(17)7-21(19,20)8-4-2-1-3-5-8/h1-6H,7H2,(H2,13,18)(H,14,16)(H,15,17). The van der Waals surface area contributed by atoms with Crippen LogP contribution < -0.4 is 11.1 Å². The first-order valence-corrected chi connectivity index (χ1v) is 7.46. The highest BCUT2D eigenvalue weighted by Crippen LogP contribution is 2.13. The fourth-order valence-corrected chi connectivity index (χ4v) is 2.79. The van der Waals surface area contributed by atoms with Gasteiger partial charge in [-0.1, -0.05) is 18.2 Å². The molecule has 0 saturated heterocycles. The molecule has 0 saturated carbocycles. The number of hydrogen-bond acceptors (Lipinski definition) is 5. The third-order valence-electron chi connectivity index (χ3n) is 2.58. The van der Waals surface area contributed by atoms with Gasteiger partial charge in [0, 0.05) is 0 Å². The van der Waals surface area contributed by atoms with E-state index >= 15 is 0 Å². The van der Waals surface area contributed by atoms with Gasteiger partial charge in [0.1, 0.15) is 11.4 Å². The number of nitrogens with two attached hydrogens (primary N) is 1. The average molecular weight is 308 g/mol. The zero-order valence-electron chi connectivity index (χ0n) is 10.7. The Kier molecular flexibility index (Phi) is 4.03. The summed E-state index contributed by atoms with van der Waals surface area (Å²) in [6, 6.07) is 7.59. The van der Waals surface area contributed by atoms with Crippen LogP contribution in [0, 0.1) is 0 Å². The van der Waals surface area contributed by atoms with Crippen molar-refractivity contribution in [3.8, 4) is 0 Å². The zero-order valence-corrected chi connectivity index (χ0v) is 11.6. The van der Waals surface area contributed by atoms with Gasteiger partial charge < -0.3 is 11.1 Å². The van der Waals surface area contributed by atoms with E-state index in [1.807, 2.05) is 0 Å². The van der Waals surface area contributed by atoms with Gasteiger partial charge in [0.25, 0.3) is 5.91 Å². The monoisotopic (exact) mass is 308 g/mol. The molecular weight excluding hydrogens is 296 g/mol. The molecule has 0 aliphatic carbocycles. The molecule has 110 valence electrons. The second kappa shape index (κ2) is 5.75. The minimum atomic E-state index is -3.75. The highest BCUT2D eigenvalue weighted by Gasteiger charge is 2.21. The number of benzene rings is 1. The van der Waals surface area contributed by atoms with Crippen molar-refractivity contribution in [1.29, 1.82) is 0 Å². The van der Waals surface area contributed by atoms with E-state index in [9.17, 15) is 18.0 Å². The van der Waals surface area contributed by atoms with E-state index in [2.05, 4.69) is 15.5 Å². The summed E-state index contributed by atoms with van der Waals surface area (Å²) >= 11 is 0. The third-order valence-corrected chi connectivity index (χ3v) is 4.22. The topological polar surface area (TPSA) is 135 Å². The summed E-state index contributed by atoms with van der Waals surface area (Å²) in [4.78, 5) is 22.9. The lowest BCUT2D eigenvalue weighted by molar-refractivity contribution is -0.113. The van der Waals surface area contributed by atoms with Gasteiger partial charge in [-0.05, 0) is 12.1 Å². The van der Waals surface area contributed by atoms with Gasteiger partial charge in [-0.25, -0.2) is 8.42 Å². The molecule has 8 nitrogen and oxygen atoms in total. The Labute approximate surface area is 120 Å². The highest BCUT2D eigenvalue weighted by atomic mass is 32.2. The first-order chi connectivity index (χ1) is 9.90. The first kappa shape index (κ1) is 14.7. The molecule has 9 heteroatoms. The number of primary amides is 1. The third kappa shape index (κ3) is 3.45. The van der Waals surface area contributed by atoms with Crippen LogP contribution in [0.4, 0.5) is 5.69 Å². The van der Waals surface area contributed by atoms with Crippen molar-refractivity contribution in [1.82, 2.24) is 10.2 Å². The molecule has 0 bridgehead atoms. The number of amides is 2. The van der Waals surface area contributed by atoms with Crippen LogP contribution in [-0.4, -0.2) is 36.2 Å². The quantitative estimate of drug-likeness (QED) is 0.710. The second-order valence-corrected chi connectivity index (χ2v) is 6.13. The number of carbonyl (C=O) groups excluding carboxylic acids is 2.